The fourth-order valence-electron chi connectivity index (χ4n) is 3.22. The second-order valence-electron chi connectivity index (χ2n) is 6.35. The Morgan fingerprint density at radius 1 is 1.26 bits per heavy atom. The van der Waals surface area contributed by atoms with Crippen LogP contribution in [0.15, 0.2) is 41.3 Å². The van der Waals surface area contributed by atoms with E-state index in [0.29, 0.717) is 23.2 Å². The molecule has 0 spiro atoms. The van der Waals surface area contributed by atoms with Gasteiger partial charge in [-0.05, 0) is 57.1 Å². The molecular weight excluding hydrogens is 368 g/mol. The first-order chi connectivity index (χ1) is 12.7. The molecule has 0 saturated carbocycles. The predicted molar refractivity (Wildman–Crippen MR) is 103 cm³/mol. The van der Waals surface area contributed by atoms with E-state index in [4.69, 9.17) is 4.42 Å². The highest BCUT2D eigenvalue weighted by Crippen LogP contribution is 2.22. The lowest BCUT2D eigenvalue weighted by Gasteiger charge is -2.23. The van der Waals surface area contributed by atoms with Gasteiger partial charge in [0.05, 0.1) is 17.9 Å². The van der Waals surface area contributed by atoms with E-state index in [2.05, 4.69) is 25.9 Å². The standard InChI is InChI=1S/C18H20N6O2.ClH/c1-12-17(22-23-24(12)15-6-8-19-9-7-15)18(25)21-14-4-2-13(3-5-14)16-10-20-11-26-16;/h2-5,10-11,15,19H,6-9H2,1H3,(H,21,25);1H. The van der Waals surface area contributed by atoms with Crippen LogP contribution in [0.1, 0.15) is 35.1 Å². The second-order valence-corrected chi connectivity index (χ2v) is 6.35. The molecule has 3 aromatic rings. The van der Waals surface area contributed by atoms with Crippen LogP contribution in [0, 0.1) is 6.92 Å². The molecule has 4 rings (SSSR count). The summed E-state index contributed by atoms with van der Waals surface area (Å²) < 4.78 is 7.14. The van der Waals surface area contributed by atoms with Crippen LogP contribution < -0.4 is 10.6 Å². The van der Waals surface area contributed by atoms with Crippen molar-refractivity contribution in [2.45, 2.75) is 25.8 Å². The molecule has 0 radical (unpaired) electrons. The summed E-state index contributed by atoms with van der Waals surface area (Å²) in [5, 5.41) is 14.5. The van der Waals surface area contributed by atoms with Gasteiger partial charge in [0.2, 0.25) is 0 Å². The summed E-state index contributed by atoms with van der Waals surface area (Å²) >= 11 is 0. The quantitative estimate of drug-likeness (QED) is 0.713. The van der Waals surface area contributed by atoms with Crippen molar-refractivity contribution in [2.75, 3.05) is 18.4 Å². The van der Waals surface area contributed by atoms with Crippen molar-refractivity contribution in [2.24, 2.45) is 0 Å². The summed E-state index contributed by atoms with van der Waals surface area (Å²) in [4.78, 5) is 16.5. The van der Waals surface area contributed by atoms with Crippen LogP contribution in [0.5, 0.6) is 0 Å². The van der Waals surface area contributed by atoms with Gasteiger partial charge in [-0.2, -0.15) is 0 Å². The molecular formula is C18H21ClN6O2. The normalized spacial score (nSPS) is 14.6. The average molecular weight is 389 g/mol. The molecule has 8 nitrogen and oxygen atoms in total. The number of oxazole rings is 1. The summed E-state index contributed by atoms with van der Waals surface area (Å²) in [6, 6.07) is 7.68. The number of halogens is 1. The van der Waals surface area contributed by atoms with Crippen LogP contribution in [0.3, 0.4) is 0 Å². The monoisotopic (exact) mass is 388 g/mol. The fraction of sp³-hybridized carbons (Fsp3) is 0.333. The molecule has 2 aromatic heterocycles. The zero-order valence-electron chi connectivity index (χ0n) is 14.9. The maximum atomic E-state index is 12.6. The summed E-state index contributed by atoms with van der Waals surface area (Å²) in [6.07, 6.45) is 5.03. The Hall–Kier alpha value is -2.71. The number of aromatic nitrogens is 4. The number of carbonyl (C=O) groups is 1. The Balaban J connectivity index is 0.00000210. The van der Waals surface area contributed by atoms with Gasteiger partial charge in [-0.25, -0.2) is 9.67 Å². The van der Waals surface area contributed by atoms with Crippen molar-refractivity contribution in [1.29, 1.82) is 0 Å². The Morgan fingerprint density at radius 2 is 2.00 bits per heavy atom. The fourth-order valence-corrected chi connectivity index (χ4v) is 3.22. The number of nitrogens with zero attached hydrogens (tertiary/aromatic N) is 4. The molecule has 27 heavy (non-hydrogen) atoms. The van der Waals surface area contributed by atoms with Gasteiger partial charge in [-0.15, -0.1) is 17.5 Å². The van der Waals surface area contributed by atoms with E-state index in [1.807, 2.05) is 35.9 Å². The molecule has 1 aliphatic rings. The number of hydrogen-bond donors (Lipinski definition) is 2. The first-order valence-corrected chi connectivity index (χ1v) is 8.65. The van der Waals surface area contributed by atoms with Crippen LogP contribution in [0.25, 0.3) is 11.3 Å². The number of anilines is 1. The highest BCUT2D eigenvalue weighted by Gasteiger charge is 2.22. The van der Waals surface area contributed by atoms with Gasteiger partial charge < -0.3 is 15.1 Å². The zero-order valence-corrected chi connectivity index (χ0v) is 15.7. The van der Waals surface area contributed by atoms with Gasteiger partial charge in [-0.1, -0.05) is 5.21 Å². The number of nitrogens with one attached hydrogen (secondary N) is 2. The van der Waals surface area contributed by atoms with E-state index in [9.17, 15) is 4.79 Å². The van der Waals surface area contributed by atoms with Gasteiger partial charge in [0.25, 0.3) is 5.91 Å². The second kappa shape index (κ2) is 8.32. The van der Waals surface area contributed by atoms with Gasteiger partial charge in [0.1, 0.15) is 0 Å². The summed E-state index contributed by atoms with van der Waals surface area (Å²) in [7, 11) is 0. The molecule has 1 saturated heterocycles. The van der Waals surface area contributed by atoms with Crippen molar-refractivity contribution >= 4 is 24.0 Å². The van der Waals surface area contributed by atoms with Crippen LogP contribution >= 0.6 is 12.4 Å². The third kappa shape index (κ3) is 4.01. The van der Waals surface area contributed by atoms with Crippen molar-refractivity contribution in [1.82, 2.24) is 25.3 Å². The first-order valence-electron chi connectivity index (χ1n) is 8.65. The van der Waals surface area contributed by atoms with E-state index in [1.54, 1.807) is 6.20 Å². The number of carbonyl (C=O) groups excluding carboxylic acids is 1. The van der Waals surface area contributed by atoms with Gasteiger partial charge >= 0.3 is 0 Å². The summed E-state index contributed by atoms with van der Waals surface area (Å²) in [5.74, 6) is 0.429. The van der Waals surface area contributed by atoms with Gasteiger partial charge in [-0.3, -0.25) is 4.79 Å². The topological polar surface area (TPSA) is 97.9 Å². The molecule has 3 heterocycles. The lowest BCUT2D eigenvalue weighted by atomic mass is 10.1. The third-order valence-electron chi connectivity index (χ3n) is 4.66. The van der Waals surface area contributed by atoms with Gasteiger partial charge in [0, 0.05) is 11.3 Å². The SMILES string of the molecule is Cc1c(C(=O)Nc2ccc(-c3cnco3)cc2)nnn1C1CCNCC1.Cl. The van der Waals surface area contributed by atoms with Crippen LogP contribution in [-0.4, -0.2) is 39.0 Å². The predicted octanol–water partition coefficient (Wildman–Crippen LogP) is 2.84. The maximum absolute atomic E-state index is 12.6. The van der Waals surface area contributed by atoms with Crippen molar-refractivity contribution in [3.05, 3.63) is 48.2 Å². The van der Waals surface area contributed by atoms with Crippen molar-refractivity contribution < 1.29 is 9.21 Å². The molecule has 0 atom stereocenters. The molecule has 1 fully saturated rings. The van der Waals surface area contributed by atoms with E-state index >= 15 is 0 Å². The number of hydrogen-bond acceptors (Lipinski definition) is 6. The summed E-state index contributed by atoms with van der Waals surface area (Å²) in [5.41, 5.74) is 2.75. The molecule has 1 amide bonds. The Morgan fingerprint density at radius 3 is 2.67 bits per heavy atom. The van der Waals surface area contributed by atoms with E-state index in [0.717, 1.165) is 37.2 Å². The van der Waals surface area contributed by atoms with Crippen molar-refractivity contribution in [3.8, 4) is 11.3 Å². The highest BCUT2D eigenvalue weighted by atomic mass is 35.5. The lowest BCUT2D eigenvalue weighted by molar-refractivity contribution is 0.102. The zero-order chi connectivity index (χ0) is 17.9. The summed E-state index contributed by atoms with van der Waals surface area (Å²) in [6.45, 7) is 3.82. The smallest absolute Gasteiger partial charge is 0.278 e. The molecule has 1 aromatic carbocycles. The molecule has 0 bridgehead atoms. The minimum Gasteiger partial charge on any atom is -0.444 e. The van der Waals surface area contributed by atoms with E-state index in [-0.39, 0.29) is 18.3 Å². The van der Waals surface area contributed by atoms with E-state index < -0.39 is 0 Å². The number of rotatable bonds is 4. The largest absolute Gasteiger partial charge is 0.444 e. The molecule has 9 heteroatoms. The van der Waals surface area contributed by atoms with Gasteiger partial charge in [0.15, 0.2) is 17.8 Å². The van der Waals surface area contributed by atoms with Crippen molar-refractivity contribution in [3.63, 3.8) is 0 Å². The molecule has 2 N–H and O–H groups in total. The first kappa shape index (κ1) is 19.1. The number of piperidine rings is 1. The molecule has 0 aliphatic carbocycles. The lowest BCUT2D eigenvalue weighted by Crippen LogP contribution is -2.30. The average Bonchev–Trinajstić information content (AvgIpc) is 3.33. The highest BCUT2D eigenvalue weighted by molar-refractivity contribution is 6.03. The minimum absolute atomic E-state index is 0. The third-order valence-corrected chi connectivity index (χ3v) is 4.66. The Bertz CT molecular complexity index is 885. The number of benzene rings is 1. The molecule has 0 unspecified atom stereocenters. The molecule has 1 aliphatic heterocycles. The van der Waals surface area contributed by atoms with Crippen LogP contribution in [0.4, 0.5) is 5.69 Å². The minimum atomic E-state index is -0.255. The van der Waals surface area contributed by atoms with E-state index in [1.165, 1.54) is 6.39 Å². The van der Waals surface area contributed by atoms with Crippen LogP contribution in [0.2, 0.25) is 0 Å². The maximum Gasteiger partial charge on any atom is 0.278 e. The number of amides is 1. The Labute approximate surface area is 162 Å². The molecule has 142 valence electrons. The Kier molecular flexibility index (Phi) is 5.88. The van der Waals surface area contributed by atoms with Crippen LogP contribution in [-0.2, 0) is 0 Å².